The summed E-state index contributed by atoms with van der Waals surface area (Å²) in [6.45, 7) is 9.03. The fraction of sp³-hybridized carbons (Fsp3) is 0.611. The Bertz CT molecular complexity index is 493. The van der Waals surface area contributed by atoms with Gasteiger partial charge in [0.15, 0.2) is 0 Å². The zero-order valence-electron chi connectivity index (χ0n) is 14.3. The number of carbonyl (C=O) groups is 1. The Kier molecular flexibility index (Phi) is 6.42. The number of amides is 1. The van der Waals surface area contributed by atoms with Crippen molar-refractivity contribution in [2.24, 2.45) is 11.8 Å². The molecule has 1 fully saturated rings. The molecular formula is C18H28N2O3. The van der Waals surface area contributed by atoms with Crippen molar-refractivity contribution >= 4 is 11.6 Å². The highest BCUT2D eigenvalue weighted by atomic mass is 16.5. The fourth-order valence-corrected chi connectivity index (χ4v) is 3.32. The van der Waals surface area contributed by atoms with Gasteiger partial charge in [0.25, 0.3) is 0 Å². The number of hydrogen-bond acceptors (Lipinski definition) is 4. The van der Waals surface area contributed by atoms with Crippen molar-refractivity contribution in [3.8, 4) is 5.75 Å². The van der Waals surface area contributed by atoms with Gasteiger partial charge in [0.1, 0.15) is 18.5 Å². The van der Waals surface area contributed by atoms with Gasteiger partial charge in [-0.25, -0.2) is 0 Å². The van der Waals surface area contributed by atoms with Gasteiger partial charge in [-0.05, 0) is 42.5 Å². The number of benzene rings is 1. The van der Waals surface area contributed by atoms with E-state index in [0.29, 0.717) is 24.1 Å². The van der Waals surface area contributed by atoms with Crippen molar-refractivity contribution in [2.45, 2.75) is 33.3 Å². The number of carbonyl (C=O) groups excluding carboxylic acids is 1. The van der Waals surface area contributed by atoms with E-state index in [1.165, 1.54) is 13.3 Å². The van der Waals surface area contributed by atoms with E-state index in [4.69, 9.17) is 4.74 Å². The predicted molar refractivity (Wildman–Crippen MR) is 91.6 cm³/mol. The van der Waals surface area contributed by atoms with E-state index in [1.54, 1.807) is 24.3 Å². The second kappa shape index (κ2) is 8.31. The Hall–Kier alpha value is -1.59. The fourth-order valence-electron chi connectivity index (χ4n) is 3.32. The van der Waals surface area contributed by atoms with Gasteiger partial charge in [-0.15, -0.1) is 0 Å². The van der Waals surface area contributed by atoms with Crippen LogP contribution in [0.1, 0.15) is 27.2 Å². The zero-order chi connectivity index (χ0) is 16.8. The van der Waals surface area contributed by atoms with Gasteiger partial charge in [-0.1, -0.05) is 13.8 Å². The molecule has 1 aromatic rings. The van der Waals surface area contributed by atoms with E-state index in [0.717, 1.165) is 18.8 Å². The number of nitrogens with one attached hydrogen (secondary N) is 1. The van der Waals surface area contributed by atoms with Gasteiger partial charge in [-0.3, -0.25) is 4.79 Å². The van der Waals surface area contributed by atoms with Crippen LogP contribution >= 0.6 is 0 Å². The topological polar surface area (TPSA) is 61.8 Å². The van der Waals surface area contributed by atoms with Gasteiger partial charge >= 0.3 is 0 Å². The molecule has 23 heavy (non-hydrogen) atoms. The minimum Gasteiger partial charge on any atom is -0.491 e. The molecule has 5 nitrogen and oxygen atoms in total. The summed E-state index contributed by atoms with van der Waals surface area (Å²) in [5.74, 6) is 1.97. The Morgan fingerprint density at radius 2 is 1.91 bits per heavy atom. The van der Waals surface area contributed by atoms with Crippen molar-refractivity contribution in [2.75, 3.05) is 31.6 Å². The summed E-state index contributed by atoms with van der Waals surface area (Å²) in [6, 6.07) is 7.17. The highest BCUT2D eigenvalue weighted by molar-refractivity contribution is 5.88. The third kappa shape index (κ3) is 6.20. The second-order valence-corrected chi connectivity index (χ2v) is 6.83. The molecule has 0 aliphatic carbocycles. The van der Waals surface area contributed by atoms with E-state index in [1.807, 2.05) is 0 Å². The van der Waals surface area contributed by atoms with E-state index in [2.05, 4.69) is 24.1 Å². The van der Waals surface area contributed by atoms with Crippen LogP contribution in [0.15, 0.2) is 24.3 Å². The maximum Gasteiger partial charge on any atom is 0.221 e. The summed E-state index contributed by atoms with van der Waals surface area (Å²) in [5, 5.41) is 12.9. The molecule has 1 aliphatic heterocycles. The quantitative estimate of drug-likeness (QED) is 0.845. The van der Waals surface area contributed by atoms with Crippen LogP contribution in [0.3, 0.4) is 0 Å². The number of anilines is 1. The molecule has 128 valence electrons. The van der Waals surface area contributed by atoms with E-state index < -0.39 is 6.10 Å². The van der Waals surface area contributed by atoms with Crippen molar-refractivity contribution in [1.29, 1.82) is 0 Å². The molecule has 2 N–H and O–H groups in total. The van der Waals surface area contributed by atoms with Crippen molar-refractivity contribution in [3.05, 3.63) is 24.3 Å². The number of aliphatic hydroxyl groups excluding tert-OH is 1. The van der Waals surface area contributed by atoms with Gasteiger partial charge in [0.05, 0.1) is 0 Å². The average molecular weight is 320 g/mol. The molecule has 1 aromatic carbocycles. The van der Waals surface area contributed by atoms with Crippen LogP contribution < -0.4 is 10.1 Å². The number of ether oxygens (including phenoxy) is 1. The lowest BCUT2D eigenvalue weighted by atomic mass is 9.92. The molecule has 5 heteroatoms. The molecule has 0 bridgehead atoms. The minimum atomic E-state index is -0.498. The van der Waals surface area contributed by atoms with Crippen LogP contribution in [-0.2, 0) is 4.79 Å². The number of β-amino-alcohol motifs (C(OH)–C–C–N with tert-alkyl or cyclic N) is 1. The summed E-state index contributed by atoms with van der Waals surface area (Å²) in [5.41, 5.74) is 0.738. The first-order valence-electron chi connectivity index (χ1n) is 8.33. The summed E-state index contributed by atoms with van der Waals surface area (Å²) in [7, 11) is 0. The summed E-state index contributed by atoms with van der Waals surface area (Å²) in [6.07, 6.45) is 0.770. The van der Waals surface area contributed by atoms with Crippen molar-refractivity contribution in [3.63, 3.8) is 0 Å². The lowest BCUT2D eigenvalue weighted by Crippen LogP contribution is -2.43. The maximum atomic E-state index is 11.0. The van der Waals surface area contributed by atoms with Gasteiger partial charge in [0.2, 0.25) is 5.91 Å². The smallest absolute Gasteiger partial charge is 0.221 e. The zero-order valence-corrected chi connectivity index (χ0v) is 14.3. The molecule has 2 rings (SSSR count). The lowest BCUT2D eigenvalue weighted by Gasteiger charge is -2.35. The molecule has 1 heterocycles. The van der Waals surface area contributed by atoms with Crippen LogP contribution in [0, 0.1) is 11.8 Å². The molecule has 1 saturated heterocycles. The Morgan fingerprint density at radius 1 is 1.30 bits per heavy atom. The number of aliphatic hydroxyl groups is 1. The number of nitrogens with zero attached hydrogens (tertiary/aromatic N) is 1. The normalized spacial score (nSPS) is 23.3. The van der Waals surface area contributed by atoms with Gasteiger partial charge < -0.3 is 20.1 Å². The van der Waals surface area contributed by atoms with E-state index in [9.17, 15) is 9.90 Å². The first-order chi connectivity index (χ1) is 10.9. The highest BCUT2D eigenvalue weighted by Gasteiger charge is 2.23. The largest absolute Gasteiger partial charge is 0.491 e. The third-order valence-corrected chi connectivity index (χ3v) is 4.03. The lowest BCUT2D eigenvalue weighted by molar-refractivity contribution is -0.114. The van der Waals surface area contributed by atoms with Crippen LogP contribution in [0.2, 0.25) is 0 Å². The van der Waals surface area contributed by atoms with E-state index in [-0.39, 0.29) is 12.5 Å². The molecule has 1 amide bonds. The molecule has 3 atom stereocenters. The van der Waals surface area contributed by atoms with Crippen LogP contribution in [0.5, 0.6) is 5.75 Å². The Morgan fingerprint density at radius 3 is 2.48 bits per heavy atom. The average Bonchev–Trinajstić information content (AvgIpc) is 2.45. The minimum absolute atomic E-state index is 0.0981. The summed E-state index contributed by atoms with van der Waals surface area (Å²) < 4.78 is 5.63. The number of likely N-dealkylation sites (tertiary alicyclic amines) is 1. The molecule has 0 radical (unpaired) electrons. The molecule has 0 unspecified atom stereocenters. The van der Waals surface area contributed by atoms with Gasteiger partial charge in [-0.2, -0.15) is 0 Å². The number of piperidine rings is 1. The van der Waals surface area contributed by atoms with Crippen LogP contribution in [0.4, 0.5) is 5.69 Å². The van der Waals surface area contributed by atoms with Crippen molar-refractivity contribution in [1.82, 2.24) is 4.90 Å². The van der Waals surface area contributed by atoms with E-state index >= 15 is 0 Å². The Labute approximate surface area is 138 Å². The summed E-state index contributed by atoms with van der Waals surface area (Å²) >= 11 is 0. The van der Waals surface area contributed by atoms with Crippen LogP contribution in [0.25, 0.3) is 0 Å². The first kappa shape index (κ1) is 17.8. The molecule has 0 spiro atoms. The standard InChI is InChI=1S/C18H28N2O3/c1-13-8-14(2)10-20(9-13)11-17(22)12-23-18-6-4-16(5-7-18)19-15(3)21/h4-7,13-14,17,22H,8-12H2,1-3H3,(H,19,21)/t13-,14+,17-/m0/s1. The van der Waals surface area contributed by atoms with Crippen LogP contribution in [-0.4, -0.2) is 48.3 Å². The maximum absolute atomic E-state index is 11.0. The molecule has 1 aliphatic rings. The molecule has 0 aromatic heterocycles. The monoisotopic (exact) mass is 320 g/mol. The first-order valence-corrected chi connectivity index (χ1v) is 8.33. The highest BCUT2D eigenvalue weighted by Crippen LogP contribution is 2.21. The number of hydrogen-bond donors (Lipinski definition) is 2. The SMILES string of the molecule is CC(=O)Nc1ccc(OC[C@@H](O)CN2C[C@H](C)C[C@H](C)C2)cc1. The molecular weight excluding hydrogens is 292 g/mol. The third-order valence-electron chi connectivity index (χ3n) is 4.03. The van der Waals surface area contributed by atoms with Gasteiger partial charge in [0, 0.05) is 32.2 Å². The number of rotatable bonds is 6. The second-order valence-electron chi connectivity index (χ2n) is 6.83. The predicted octanol–water partition coefficient (Wildman–Crippen LogP) is 2.36. The molecule has 0 saturated carbocycles. The Balaban J connectivity index is 1.75. The van der Waals surface area contributed by atoms with Crippen molar-refractivity contribution < 1.29 is 14.6 Å². The summed E-state index contributed by atoms with van der Waals surface area (Å²) in [4.78, 5) is 13.3.